The van der Waals surface area contributed by atoms with Crippen molar-refractivity contribution in [1.82, 2.24) is 5.32 Å². The van der Waals surface area contributed by atoms with E-state index in [1.807, 2.05) is 0 Å². The van der Waals surface area contributed by atoms with Crippen LogP contribution in [0.1, 0.15) is 39.5 Å². The van der Waals surface area contributed by atoms with Crippen LogP contribution in [0.4, 0.5) is 0 Å². The van der Waals surface area contributed by atoms with Crippen LogP contribution in [-0.4, -0.2) is 12.1 Å². The Hall–Kier alpha value is -0.0400. The van der Waals surface area contributed by atoms with Crippen LogP contribution in [0, 0.1) is 5.41 Å². The highest BCUT2D eigenvalue weighted by atomic mass is 15.0. The van der Waals surface area contributed by atoms with Crippen molar-refractivity contribution in [3.05, 3.63) is 0 Å². The Bertz CT molecular complexity index is 125. The molecule has 1 N–H and O–H groups in total. The Morgan fingerprint density at radius 2 is 1.70 bits per heavy atom. The lowest BCUT2D eigenvalue weighted by Gasteiger charge is -2.43. The highest BCUT2D eigenvalue weighted by Gasteiger charge is 2.38. The summed E-state index contributed by atoms with van der Waals surface area (Å²) in [6, 6.07) is 1.77. The zero-order valence-corrected chi connectivity index (χ0v) is 6.98. The van der Waals surface area contributed by atoms with E-state index in [2.05, 4.69) is 19.2 Å². The molecule has 2 rings (SSSR count). The van der Waals surface area contributed by atoms with Gasteiger partial charge in [0, 0.05) is 12.1 Å². The third-order valence-corrected chi connectivity index (χ3v) is 2.65. The van der Waals surface area contributed by atoms with Gasteiger partial charge in [-0.05, 0) is 31.1 Å². The van der Waals surface area contributed by atoms with Gasteiger partial charge >= 0.3 is 0 Å². The van der Waals surface area contributed by atoms with E-state index in [1.54, 1.807) is 0 Å². The number of nitrogens with one attached hydrogen (secondary N) is 1. The van der Waals surface area contributed by atoms with Crippen molar-refractivity contribution in [1.29, 1.82) is 0 Å². The zero-order valence-electron chi connectivity index (χ0n) is 6.98. The summed E-state index contributed by atoms with van der Waals surface area (Å²) in [4.78, 5) is 0. The van der Waals surface area contributed by atoms with Gasteiger partial charge in [-0.15, -0.1) is 0 Å². The quantitative estimate of drug-likeness (QED) is 0.616. The molecule has 0 radical (unpaired) electrons. The largest absolute Gasteiger partial charge is 0.311 e. The molecule has 58 valence electrons. The van der Waals surface area contributed by atoms with Gasteiger partial charge in [-0.2, -0.15) is 0 Å². The van der Waals surface area contributed by atoms with Crippen molar-refractivity contribution < 1.29 is 0 Å². The molecular weight excluding hydrogens is 122 g/mol. The van der Waals surface area contributed by atoms with E-state index in [-0.39, 0.29) is 0 Å². The number of rotatable bonds is 2. The summed E-state index contributed by atoms with van der Waals surface area (Å²) >= 11 is 0. The molecule has 0 amide bonds. The molecular formula is C9H17N. The van der Waals surface area contributed by atoms with Crippen LogP contribution in [0.3, 0.4) is 0 Å². The summed E-state index contributed by atoms with van der Waals surface area (Å²) in [6.07, 6.45) is 5.64. The fraction of sp³-hybridized carbons (Fsp3) is 1.00. The van der Waals surface area contributed by atoms with Gasteiger partial charge in [-0.3, -0.25) is 0 Å². The topological polar surface area (TPSA) is 12.0 Å². The summed E-state index contributed by atoms with van der Waals surface area (Å²) in [5, 5.41) is 3.65. The second kappa shape index (κ2) is 1.97. The van der Waals surface area contributed by atoms with Crippen LogP contribution >= 0.6 is 0 Å². The molecule has 1 nitrogen and oxygen atoms in total. The maximum atomic E-state index is 3.65. The average Bonchev–Trinajstić information content (AvgIpc) is 2.44. The monoisotopic (exact) mass is 139 g/mol. The van der Waals surface area contributed by atoms with Gasteiger partial charge in [-0.1, -0.05) is 13.8 Å². The minimum Gasteiger partial charge on any atom is -0.311 e. The molecule has 0 unspecified atom stereocenters. The molecule has 0 aromatic carbocycles. The molecule has 10 heavy (non-hydrogen) atoms. The van der Waals surface area contributed by atoms with Crippen molar-refractivity contribution in [3.63, 3.8) is 0 Å². The standard InChI is InChI=1S/C9H17N/c1-9(2)5-8(6-9)10-7-3-4-7/h7-8,10H,3-6H2,1-2H3. The van der Waals surface area contributed by atoms with Crippen molar-refractivity contribution >= 4 is 0 Å². The molecule has 0 aromatic rings. The SMILES string of the molecule is CC1(C)CC(NC2CC2)C1. The maximum absolute atomic E-state index is 3.65. The van der Waals surface area contributed by atoms with Gasteiger partial charge in [-0.25, -0.2) is 0 Å². The predicted octanol–water partition coefficient (Wildman–Crippen LogP) is 1.93. The van der Waals surface area contributed by atoms with Gasteiger partial charge in [0.15, 0.2) is 0 Å². The molecule has 0 aliphatic heterocycles. The third kappa shape index (κ3) is 1.34. The molecule has 2 aliphatic carbocycles. The van der Waals surface area contributed by atoms with Crippen molar-refractivity contribution in [2.75, 3.05) is 0 Å². The molecule has 1 heteroatoms. The second-order valence-electron chi connectivity index (χ2n) is 4.71. The summed E-state index contributed by atoms with van der Waals surface area (Å²) in [6.45, 7) is 4.72. The average molecular weight is 139 g/mol. The number of hydrogen-bond acceptors (Lipinski definition) is 1. The van der Waals surface area contributed by atoms with Crippen LogP contribution in [-0.2, 0) is 0 Å². The molecule has 0 saturated heterocycles. The molecule has 0 bridgehead atoms. The Labute approximate surface area is 63.2 Å². The zero-order chi connectivity index (χ0) is 7.19. The first-order valence-electron chi connectivity index (χ1n) is 4.42. The van der Waals surface area contributed by atoms with Crippen LogP contribution in [0.2, 0.25) is 0 Å². The third-order valence-electron chi connectivity index (χ3n) is 2.65. The van der Waals surface area contributed by atoms with Crippen LogP contribution < -0.4 is 5.32 Å². The summed E-state index contributed by atoms with van der Waals surface area (Å²) in [5.74, 6) is 0. The van der Waals surface area contributed by atoms with E-state index in [1.165, 1.54) is 25.7 Å². The first-order valence-corrected chi connectivity index (χ1v) is 4.42. The fourth-order valence-electron chi connectivity index (χ4n) is 1.98. The Morgan fingerprint density at radius 3 is 2.10 bits per heavy atom. The van der Waals surface area contributed by atoms with E-state index in [0.29, 0.717) is 5.41 Å². The normalized spacial score (nSPS) is 31.8. The fourth-order valence-corrected chi connectivity index (χ4v) is 1.98. The lowest BCUT2D eigenvalue weighted by molar-refractivity contribution is 0.125. The summed E-state index contributed by atoms with van der Waals surface area (Å²) in [7, 11) is 0. The second-order valence-corrected chi connectivity index (χ2v) is 4.71. The van der Waals surface area contributed by atoms with E-state index in [9.17, 15) is 0 Å². The Morgan fingerprint density at radius 1 is 1.10 bits per heavy atom. The molecule has 2 saturated carbocycles. The van der Waals surface area contributed by atoms with Gasteiger partial charge in [0.05, 0.1) is 0 Å². The van der Waals surface area contributed by atoms with Gasteiger partial charge in [0.2, 0.25) is 0 Å². The maximum Gasteiger partial charge on any atom is 0.00798 e. The summed E-state index contributed by atoms with van der Waals surface area (Å²) < 4.78 is 0. The van der Waals surface area contributed by atoms with Gasteiger partial charge in [0.25, 0.3) is 0 Å². The molecule has 2 fully saturated rings. The lowest BCUT2D eigenvalue weighted by atomic mass is 9.68. The van der Waals surface area contributed by atoms with E-state index in [0.717, 1.165) is 12.1 Å². The van der Waals surface area contributed by atoms with Gasteiger partial charge in [0.1, 0.15) is 0 Å². The van der Waals surface area contributed by atoms with Crippen molar-refractivity contribution in [3.8, 4) is 0 Å². The lowest BCUT2D eigenvalue weighted by Crippen LogP contribution is -2.46. The van der Waals surface area contributed by atoms with Crippen LogP contribution in [0.15, 0.2) is 0 Å². The Balaban J connectivity index is 1.69. The van der Waals surface area contributed by atoms with E-state index >= 15 is 0 Å². The van der Waals surface area contributed by atoms with Crippen LogP contribution in [0.5, 0.6) is 0 Å². The molecule has 0 aromatic heterocycles. The first kappa shape index (κ1) is 6.66. The molecule has 0 spiro atoms. The van der Waals surface area contributed by atoms with Crippen LogP contribution in [0.25, 0.3) is 0 Å². The molecule has 0 heterocycles. The summed E-state index contributed by atoms with van der Waals surface area (Å²) in [5.41, 5.74) is 0.645. The smallest absolute Gasteiger partial charge is 0.00798 e. The highest BCUT2D eigenvalue weighted by molar-refractivity contribution is 4.95. The Kier molecular flexibility index (Phi) is 1.31. The van der Waals surface area contributed by atoms with Gasteiger partial charge < -0.3 is 5.32 Å². The molecule has 2 aliphatic rings. The van der Waals surface area contributed by atoms with Crippen molar-refractivity contribution in [2.45, 2.75) is 51.6 Å². The van der Waals surface area contributed by atoms with E-state index in [4.69, 9.17) is 0 Å². The first-order chi connectivity index (χ1) is 4.66. The predicted molar refractivity (Wildman–Crippen MR) is 43.0 cm³/mol. The molecule has 0 atom stereocenters. The minimum absolute atomic E-state index is 0.645. The van der Waals surface area contributed by atoms with E-state index < -0.39 is 0 Å². The minimum atomic E-state index is 0.645. The highest BCUT2D eigenvalue weighted by Crippen LogP contribution is 2.41. The number of hydrogen-bond donors (Lipinski definition) is 1. The van der Waals surface area contributed by atoms with Crippen molar-refractivity contribution in [2.24, 2.45) is 5.41 Å².